The SMILES string of the molecule is COc1cc(OC)nc(NC(=O)NS(=O)(=O)c2c(C)cn(C)c2C(=O)O)n1. The molecular weight excluding hydrogens is 382 g/mol. The van der Waals surface area contributed by atoms with Crippen LogP contribution in [0.2, 0.25) is 0 Å². The van der Waals surface area contributed by atoms with E-state index in [0.717, 1.165) is 4.57 Å². The summed E-state index contributed by atoms with van der Waals surface area (Å²) in [7, 11) is -0.427. The maximum atomic E-state index is 12.5. The van der Waals surface area contributed by atoms with E-state index < -0.39 is 32.6 Å². The predicted octanol–water partition coefficient (Wildman–Crippen LogP) is 0.349. The largest absolute Gasteiger partial charge is 0.481 e. The number of ether oxygens (including phenoxy) is 2. The van der Waals surface area contributed by atoms with Crippen molar-refractivity contribution >= 4 is 28.0 Å². The molecule has 13 heteroatoms. The molecule has 0 radical (unpaired) electrons. The smallest absolute Gasteiger partial charge is 0.353 e. The average molecular weight is 399 g/mol. The number of carbonyl (C=O) groups is 2. The first-order valence-electron chi connectivity index (χ1n) is 7.29. The van der Waals surface area contributed by atoms with Crippen molar-refractivity contribution in [1.29, 1.82) is 0 Å². The van der Waals surface area contributed by atoms with Crippen molar-refractivity contribution in [2.24, 2.45) is 7.05 Å². The minimum Gasteiger partial charge on any atom is -0.481 e. The lowest BCUT2D eigenvalue weighted by Crippen LogP contribution is -2.35. The number of carboxylic acids is 1. The number of nitrogens with one attached hydrogen (secondary N) is 2. The van der Waals surface area contributed by atoms with E-state index in [1.165, 1.54) is 40.5 Å². The van der Waals surface area contributed by atoms with Crippen LogP contribution in [0, 0.1) is 6.92 Å². The fraction of sp³-hybridized carbons (Fsp3) is 0.286. The van der Waals surface area contributed by atoms with Crippen LogP contribution < -0.4 is 19.5 Å². The molecule has 2 aromatic rings. The van der Waals surface area contributed by atoms with Crippen LogP contribution >= 0.6 is 0 Å². The van der Waals surface area contributed by atoms with Crippen molar-refractivity contribution in [3.63, 3.8) is 0 Å². The first-order chi connectivity index (χ1) is 12.6. The summed E-state index contributed by atoms with van der Waals surface area (Å²) in [6.07, 6.45) is 1.33. The lowest BCUT2D eigenvalue weighted by atomic mass is 10.3. The van der Waals surface area contributed by atoms with Crippen LogP contribution in [0.5, 0.6) is 11.8 Å². The molecule has 0 aliphatic carbocycles. The zero-order valence-electron chi connectivity index (χ0n) is 14.8. The standard InChI is InChI=1S/C14H17N5O7S/c1-7-6-19(2)10(12(20)21)11(7)27(23,24)18-14(22)17-13-15-8(25-3)5-9(16-13)26-4/h5-6H,1-4H3,(H,20,21)(H2,15,16,17,18,22). The zero-order chi connectivity index (χ0) is 20.4. The highest BCUT2D eigenvalue weighted by molar-refractivity contribution is 7.90. The Hall–Kier alpha value is -3.35. The molecule has 0 aliphatic rings. The molecule has 0 saturated carbocycles. The number of carbonyl (C=O) groups excluding carboxylic acids is 1. The molecule has 0 bridgehead atoms. The quantitative estimate of drug-likeness (QED) is 0.622. The maximum absolute atomic E-state index is 12.5. The second-order valence-electron chi connectivity index (χ2n) is 5.24. The molecule has 2 aromatic heterocycles. The topological polar surface area (TPSA) is 162 Å². The van der Waals surface area contributed by atoms with Gasteiger partial charge in [-0.15, -0.1) is 0 Å². The first-order valence-corrected chi connectivity index (χ1v) is 8.77. The van der Waals surface area contributed by atoms with Crippen LogP contribution in [0.15, 0.2) is 17.2 Å². The second kappa shape index (κ2) is 7.49. The van der Waals surface area contributed by atoms with E-state index in [-0.39, 0.29) is 23.3 Å². The van der Waals surface area contributed by atoms with Gasteiger partial charge in [-0.25, -0.2) is 22.7 Å². The summed E-state index contributed by atoms with van der Waals surface area (Å²) in [6, 6.07) is 0.164. The van der Waals surface area contributed by atoms with Gasteiger partial charge < -0.3 is 19.1 Å². The number of aromatic carboxylic acids is 1. The van der Waals surface area contributed by atoms with E-state index in [1.54, 1.807) is 4.72 Å². The van der Waals surface area contributed by atoms with Crippen molar-refractivity contribution < 1.29 is 32.6 Å². The van der Waals surface area contributed by atoms with E-state index in [0.29, 0.717) is 0 Å². The average Bonchev–Trinajstić information content (AvgIpc) is 2.88. The molecule has 0 spiro atoms. The minimum atomic E-state index is -4.48. The van der Waals surface area contributed by atoms with E-state index in [1.807, 2.05) is 0 Å². The van der Waals surface area contributed by atoms with Gasteiger partial charge in [0.2, 0.25) is 17.7 Å². The number of urea groups is 1. The van der Waals surface area contributed by atoms with Crippen LogP contribution in [-0.2, 0) is 17.1 Å². The van der Waals surface area contributed by atoms with Gasteiger partial charge in [-0.2, -0.15) is 9.97 Å². The van der Waals surface area contributed by atoms with E-state index in [2.05, 4.69) is 15.3 Å². The molecule has 0 fully saturated rings. The van der Waals surface area contributed by atoms with Crippen molar-refractivity contribution in [3.05, 3.63) is 23.5 Å². The lowest BCUT2D eigenvalue weighted by Gasteiger charge is -2.10. The number of rotatable bonds is 6. The molecule has 2 rings (SSSR count). The molecule has 0 aromatic carbocycles. The summed E-state index contributed by atoms with van der Waals surface area (Å²) < 4.78 is 37.7. The molecule has 3 N–H and O–H groups in total. The lowest BCUT2D eigenvalue weighted by molar-refractivity contribution is 0.0682. The van der Waals surface area contributed by atoms with Gasteiger partial charge in [0.25, 0.3) is 10.0 Å². The molecule has 0 aliphatic heterocycles. The fourth-order valence-corrected chi connectivity index (χ4v) is 3.68. The van der Waals surface area contributed by atoms with Crippen LogP contribution in [0.25, 0.3) is 0 Å². The highest BCUT2D eigenvalue weighted by atomic mass is 32.2. The second-order valence-corrected chi connectivity index (χ2v) is 6.86. The van der Waals surface area contributed by atoms with Crippen molar-refractivity contribution in [2.75, 3.05) is 19.5 Å². The summed E-state index contributed by atoms with van der Waals surface area (Å²) in [5.74, 6) is -1.58. The summed E-state index contributed by atoms with van der Waals surface area (Å²) in [5, 5.41) is 11.4. The van der Waals surface area contributed by atoms with Gasteiger partial charge in [-0.05, 0) is 12.5 Å². The van der Waals surface area contributed by atoms with E-state index in [4.69, 9.17) is 9.47 Å². The highest BCUT2D eigenvalue weighted by Crippen LogP contribution is 2.22. The Morgan fingerprint density at radius 2 is 1.74 bits per heavy atom. The molecule has 146 valence electrons. The number of anilines is 1. The number of hydrogen-bond acceptors (Lipinski definition) is 8. The summed E-state index contributed by atoms with van der Waals surface area (Å²) in [6.45, 7) is 1.41. The van der Waals surface area contributed by atoms with Gasteiger partial charge in [-0.3, -0.25) is 5.32 Å². The van der Waals surface area contributed by atoms with Crippen molar-refractivity contribution in [1.82, 2.24) is 19.3 Å². The van der Waals surface area contributed by atoms with Gasteiger partial charge in [0.05, 0.1) is 20.3 Å². The zero-order valence-corrected chi connectivity index (χ0v) is 15.6. The number of aromatic nitrogens is 3. The maximum Gasteiger partial charge on any atom is 0.353 e. The third-order valence-electron chi connectivity index (χ3n) is 3.33. The summed E-state index contributed by atoms with van der Waals surface area (Å²) in [5.41, 5.74) is -0.318. The molecule has 12 nitrogen and oxygen atoms in total. The number of nitrogens with zero attached hydrogens (tertiary/aromatic N) is 3. The summed E-state index contributed by atoms with van der Waals surface area (Å²) >= 11 is 0. The van der Waals surface area contributed by atoms with Gasteiger partial charge in [0, 0.05) is 13.2 Å². The third-order valence-corrected chi connectivity index (χ3v) is 4.84. The third kappa shape index (κ3) is 4.25. The molecule has 27 heavy (non-hydrogen) atoms. The number of methoxy groups -OCH3 is 2. The minimum absolute atomic E-state index is 0.0760. The van der Waals surface area contributed by atoms with Crippen LogP contribution in [-0.4, -0.2) is 54.3 Å². The Kier molecular flexibility index (Phi) is 5.54. The number of aryl methyl sites for hydroxylation is 2. The summed E-state index contributed by atoms with van der Waals surface area (Å²) in [4.78, 5) is 30.6. The Labute approximate surface area is 154 Å². The van der Waals surface area contributed by atoms with Crippen LogP contribution in [0.3, 0.4) is 0 Å². The van der Waals surface area contributed by atoms with Crippen molar-refractivity contribution in [2.45, 2.75) is 11.8 Å². The Morgan fingerprint density at radius 1 is 1.19 bits per heavy atom. The predicted molar refractivity (Wildman–Crippen MR) is 91.6 cm³/mol. The monoisotopic (exact) mass is 399 g/mol. The fourth-order valence-electron chi connectivity index (χ4n) is 2.32. The number of hydrogen-bond donors (Lipinski definition) is 3. The Balaban J connectivity index is 2.30. The number of sulfonamides is 1. The molecule has 0 unspecified atom stereocenters. The molecule has 0 saturated heterocycles. The van der Waals surface area contributed by atoms with E-state index >= 15 is 0 Å². The van der Waals surface area contributed by atoms with E-state index in [9.17, 15) is 23.1 Å². The molecule has 2 heterocycles. The van der Waals surface area contributed by atoms with Crippen LogP contribution in [0.4, 0.5) is 10.7 Å². The Morgan fingerprint density at radius 3 is 2.22 bits per heavy atom. The first kappa shape index (κ1) is 20.0. The van der Waals surface area contributed by atoms with Crippen molar-refractivity contribution in [3.8, 4) is 11.8 Å². The van der Waals surface area contributed by atoms with Crippen LogP contribution in [0.1, 0.15) is 16.1 Å². The van der Waals surface area contributed by atoms with Gasteiger partial charge in [0.15, 0.2) is 0 Å². The number of amides is 2. The molecule has 2 amide bonds. The van der Waals surface area contributed by atoms with Gasteiger partial charge in [0.1, 0.15) is 10.6 Å². The Bertz CT molecular complexity index is 977. The molecule has 0 atom stereocenters. The molecular formula is C14H17N5O7S. The van der Waals surface area contributed by atoms with Gasteiger partial charge in [-0.1, -0.05) is 0 Å². The van der Waals surface area contributed by atoms with Gasteiger partial charge >= 0.3 is 12.0 Å². The number of carboxylic acid groups (broad SMARTS) is 1. The normalized spacial score (nSPS) is 11.0. The highest BCUT2D eigenvalue weighted by Gasteiger charge is 2.30.